The highest BCUT2D eigenvalue weighted by molar-refractivity contribution is 5.85. The maximum atomic E-state index is 11.6. The van der Waals surface area contributed by atoms with Crippen LogP contribution in [0.5, 0.6) is 0 Å². The van der Waals surface area contributed by atoms with Gasteiger partial charge in [0, 0.05) is 18.4 Å². The predicted molar refractivity (Wildman–Crippen MR) is 50.1 cm³/mol. The standard InChI is InChI=1S/C10H19NO/c1-10(8-11(2)3)7-5-4-6-9(10)12/h4-8H2,1-3H3. The Morgan fingerprint density at radius 1 is 1.42 bits per heavy atom. The Morgan fingerprint density at radius 3 is 2.58 bits per heavy atom. The van der Waals surface area contributed by atoms with Crippen molar-refractivity contribution in [3.05, 3.63) is 0 Å². The summed E-state index contributed by atoms with van der Waals surface area (Å²) in [5.74, 6) is 0.461. The number of hydrogen-bond donors (Lipinski definition) is 0. The molecule has 0 aliphatic heterocycles. The Balaban J connectivity index is 2.59. The fourth-order valence-corrected chi connectivity index (χ4v) is 2.11. The van der Waals surface area contributed by atoms with Gasteiger partial charge in [-0.2, -0.15) is 0 Å². The van der Waals surface area contributed by atoms with Crippen molar-refractivity contribution < 1.29 is 4.79 Å². The molecule has 1 aliphatic rings. The first-order chi connectivity index (χ1) is 5.54. The van der Waals surface area contributed by atoms with Crippen LogP contribution < -0.4 is 0 Å². The van der Waals surface area contributed by atoms with Crippen LogP contribution in [-0.2, 0) is 4.79 Å². The Bertz CT molecular complexity index is 177. The largest absolute Gasteiger partial charge is 0.308 e. The average Bonchev–Trinajstić information content (AvgIpc) is 1.94. The topological polar surface area (TPSA) is 20.3 Å². The molecule has 0 amide bonds. The van der Waals surface area contributed by atoms with Gasteiger partial charge in [0.05, 0.1) is 0 Å². The highest BCUT2D eigenvalue weighted by Crippen LogP contribution is 2.32. The average molecular weight is 169 g/mol. The van der Waals surface area contributed by atoms with Gasteiger partial charge in [0.25, 0.3) is 0 Å². The van der Waals surface area contributed by atoms with Gasteiger partial charge in [-0.05, 0) is 26.9 Å². The monoisotopic (exact) mass is 169 g/mol. The molecule has 12 heavy (non-hydrogen) atoms. The Morgan fingerprint density at radius 2 is 2.08 bits per heavy atom. The molecule has 0 aromatic heterocycles. The van der Waals surface area contributed by atoms with E-state index in [0.29, 0.717) is 5.78 Å². The lowest BCUT2D eigenvalue weighted by Gasteiger charge is -2.34. The van der Waals surface area contributed by atoms with E-state index in [2.05, 4.69) is 11.8 Å². The molecule has 1 rings (SSSR count). The summed E-state index contributed by atoms with van der Waals surface area (Å²) < 4.78 is 0. The SMILES string of the molecule is CN(C)CC1(C)CCCCC1=O. The van der Waals surface area contributed by atoms with Gasteiger partial charge >= 0.3 is 0 Å². The van der Waals surface area contributed by atoms with Gasteiger partial charge in [-0.15, -0.1) is 0 Å². The van der Waals surface area contributed by atoms with Crippen molar-refractivity contribution in [2.24, 2.45) is 5.41 Å². The van der Waals surface area contributed by atoms with Gasteiger partial charge in [-0.3, -0.25) is 4.79 Å². The molecule has 2 nitrogen and oxygen atoms in total. The molecule has 0 aromatic carbocycles. The zero-order valence-corrected chi connectivity index (χ0v) is 8.39. The molecule has 1 atom stereocenters. The lowest BCUT2D eigenvalue weighted by atomic mass is 9.74. The summed E-state index contributed by atoms with van der Waals surface area (Å²) in [4.78, 5) is 13.7. The van der Waals surface area contributed by atoms with E-state index in [0.717, 1.165) is 25.8 Å². The number of hydrogen-bond acceptors (Lipinski definition) is 2. The fraction of sp³-hybridized carbons (Fsp3) is 0.900. The summed E-state index contributed by atoms with van der Waals surface area (Å²) in [5.41, 5.74) is -0.0538. The molecule has 0 saturated heterocycles. The van der Waals surface area contributed by atoms with E-state index in [1.165, 1.54) is 6.42 Å². The van der Waals surface area contributed by atoms with Gasteiger partial charge in [0.15, 0.2) is 0 Å². The van der Waals surface area contributed by atoms with Crippen LogP contribution in [0, 0.1) is 5.41 Å². The van der Waals surface area contributed by atoms with E-state index >= 15 is 0 Å². The van der Waals surface area contributed by atoms with Crippen molar-refractivity contribution in [1.29, 1.82) is 0 Å². The molecular weight excluding hydrogens is 150 g/mol. The highest BCUT2D eigenvalue weighted by atomic mass is 16.1. The van der Waals surface area contributed by atoms with Crippen LogP contribution >= 0.6 is 0 Å². The second kappa shape index (κ2) is 3.56. The number of ketones is 1. The lowest BCUT2D eigenvalue weighted by molar-refractivity contribution is -0.131. The van der Waals surface area contributed by atoms with Crippen LogP contribution in [-0.4, -0.2) is 31.3 Å². The Hall–Kier alpha value is -0.370. The number of carbonyl (C=O) groups is 1. The van der Waals surface area contributed by atoms with Crippen molar-refractivity contribution in [3.8, 4) is 0 Å². The third-order valence-electron chi connectivity index (χ3n) is 2.72. The fourth-order valence-electron chi connectivity index (χ4n) is 2.11. The van der Waals surface area contributed by atoms with E-state index in [1.807, 2.05) is 14.1 Å². The summed E-state index contributed by atoms with van der Waals surface area (Å²) in [5, 5.41) is 0. The van der Waals surface area contributed by atoms with Crippen LogP contribution in [0.2, 0.25) is 0 Å². The quantitative estimate of drug-likeness (QED) is 0.627. The summed E-state index contributed by atoms with van der Waals surface area (Å²) in [6.07, 6.45) is 4.19. The summed E-state index contributed by atoms with van der Waals surface area (Å²) in [7, 11) is 4.07. The minimum absolute atomic E-state index is 0.0538. The molecule has 0 N–H and O–H groups in total. The Kier molecular flexibility index (Phi) is 2.89. The van der Waals surface area contributed by atoms with Crippen LogP contribution in [0.1, 0.15) is 32.6 Å². The highest BCUT2D eigenvalue weighted by Gasteiger charge is 2.35. The van der Waals surface area contributed by atoms with Gasteiger partial charge in [-0.25, -0.2) is 0 Å². The zero-order chi connectivity index (χ0) is 9.19. The molecule has 0 bridgehead atoms. The normalized spacial score (nSPS) is 31.2. The van der Waals surface area contributed by atoms with Crippen LogP contribution in [0.3, 0.4) is 0 Å². The minimum Gasteiger partial charge on any atom is -0.308 e. The molecule has 0 spiro atoms. The maximum Gasteiger partial charge on any atom is 0.140 e. The second-order valence-corrected chi connectivity index (χ2v) is 4.43. The molecule has 70 valence electrons. The number of Topliss-reactive ketones (excluding diaryl/α,β-unsaturated/α-hetero) is 1. The third kappa shape index (κ3) is 2.07. The molecule has 1 saturated carbocycles. The van der Waals surface area contributed by atoms with E-state index < -0.39 is 0 Å². The summed E-state index contributed by atoms with van der Waals surface area (Å²) in [6.45, 7) is 3.01. The van der Waals surface area contributed by atoms with E-state index in [4.69, 9.17) is 0 Å². The van der Waals surface area contributed by atoms with Gasteiger partial charge in [0.1, 0.15) is 5.78 Å². The van der Waals surface area contributed by atoms with Gasteiger partial charge in [-0.1, -0.05) is 13.3 Å². The molecule has 0 radical (unpaired) electrons. The first-order valence-corrected chi connectivity index (χ1v) is 4.73. The predicted octanol–water partition coefficient (Wildman–Crippen LogP) is 1.70. The number of rotatable bonds is 2. The van der Waals surface area contributed by atoms with Crippen LogP contribution in [0.4, 0.5) is 0 Å². The molecule has 0 heterocycles. The molecule has 1 unspecified atom stereocenters. The molecule has 1 fully saturated rings. The van der Waals surface area contributed by atoms with E-state index in [-0.39, 0.29) is 5.41 Å². The molecule has 2 heteroatoms. The van der Waals surface area contributed by atoms with Crippen molar-refractivity contribution in [1.82, 2.24) is 4.90 Å². The van der Waals surface area contributed by atoms with E-state index in [9.17, 15) is 4.79 Å². The van der Waals surface area contributed by atoms with E-state index in [1.54, 1.807) is 0 Å². The lowest BCUT2D eigenvalue weighted by Crippen LogP contribution is -2.40. The van der Waals surface area contributed by atoms with Crippen molar-refractivity contribution in [2.75, 3.05) is 20.6 Å². The smallest absolute Gasteiger partial charge is 0.140 e. The van der Waals surface area contributed by atoms with Crippen molar-refractivity contribution in [2.45, 2.75) is 32.6 Å². The minimum atomic E-state index is -0.0538. The van der Waals surface area contributed by atoms with Gasteiger partial charge in [0.2, 0.25) is 0 Å². The summed E-state index contributed by atoms with van der Waals surface area (Å²) in [6, 6.07) is 0. The number of nitrogens with zero attached hydrogens (tertiary/aromatic N) is 1. The summed E-state index contributed by atoms with van der Waals surface area (Å²) >= 11 is 0. The second-order valence-electron chi connectivity index (χ2n) is 4.43. The molecule has 1 aliphatic carbocycles. The van der Waals surface area contributed by atoms with Crippen molar-refractivity contribution >= 4 is 5.78 Å². The van der Waals surface area contributed by atoms with Crippen LogP contribution in [0.25, 0.3) is 0 Å². The van der Waals surface area contributed by atoms with Crippen molar-refractivity contribution in [3.63, 3.8) is 0 Å². The van der Waals surface area contributed by atoms with Gasteiger partial charge < -0.3 is 4.90 Å². The third-order valence-corrected chi connectivity index (χ3v) is 2.72. The number of carbonyl (C=O) groups excluding carboxylic acids is 1. The van der Waals surface area contributed by atoms with Crippen LogP contribution in [0.15, 0.2) is 0 Å². The Labute approximate surface area is 74.9 Å². The first kappa shape index (κ1) is 9.72. The first-order valence-electron chi connectivity index (χ1n) is 4.73. The zero-order valence-electron chi connectivity index (χ0n) is 8.39. The molecular formula is C10H19NO. The maximum absolute atomic E-state index is 11.6. The molecule has 0 aromatic rings.